The molecule has 0 aromatic carbocycles. The molecular formula is C13H27N3. The maximum Gasteiger partial charge on any atom is 0.0280 e. The molecule has 16 heavy (non-hydrogen) atoms. The monoisotopic (exact) mass is 225 g/mol. The third-order valence-electron chi connectivity index (χ3n) is 4.36. The van der Waals surface area contributed by atoms with Gasteiger partial charge in [-0.2, -0.15) is 0 Å². The number of nitrogens with zero attached hydrogens (tertiary/aromatic N) is 2. The van der Waals surface area contributed by atoms with Crippen molar-refractivity contribution in [1.82, 2.24) is 15.1 Å². The number of hydrogen-bond acceptors (Lipinski definition) is 3. The molecule has 2 aliphatic rings. The van der Waals surface area contributed by atoms with E-state index in [9.17, 15) is 0 Å². The summed E-state index contributed by atoms with van der Waals surface area (Å²) in [5.41, 5.74) is 0.383. The zero-order valence-corrected chi connectivity index (χ0v) is 11.1. The van der Waals surface area contributed by atoms with E-state index in [-0.39, 0.29) is 0 Å². The molecule has 2 aliphatic heterocycles. The van der Waals surface area contributed by atoms with Crippen molar-refractivity contribution < 1.29 is 0 Å². The first-order valence-corrected chi connectivity index (χ1v) is 6.80. The van der Waals surface area contributed by atoms with Gasteiger partial charge in [0.1, 0.15) is 0 Å². The van der Waals surface area contributed by atoms with Gasteiger partial charge in [-0.3, -0.25) is 4.90 Å². The van der Waals surface area contributed by atoms with Gasteiger partial charge in [0.2, 0.25) is 0 Å². The van der Waals surface area contributed by atoms with Crippen LogP contribution in [-0.4, -0.2) is 61.2 Å². The molecule has 2 fully saturated rings. The Balaban J connectivity index is 1.86. The van der Waals surface area contributed by atoms with E-state index in [0.717, 1.165) is 6.04 Å². The summed E-state index contributed by atoms with van der Waals surface area (Å²) < 4.78 is 0. The van der Waals surface area contributed by atoms with E-state index in [1.165, 1.54) is 52.0 Å². The van der Waals surface area contributed by atoms with Crippen molar-refractivity contribution in [3.63, 3.8) is 0 Å². The van der Waals surface area contributed by atoms with Crippen LogP contribution in [0, 0.1) is 0 Å². The first kappa shape index (κ1) is 12.3. The Labute approximate surface area is 100 Å². The minimum atomic E-state index is 0.383. The SMILES string of the molecule is CCC1CN(CC2(C)CCCN2)CCN1C. The third-order valence-corrected chi connectivity index (χ3v) is 4.36. The molecule has 2 unspecified atom stereocenters. The Morgan fingerprint density at radius 3 is 2.81 bits per heavy atom. The molecule has 0 amide bonds. The summed E-state index contributed by atoms with van der Waals surface area (Å²) in [6.07, 6.45) is 3.97. The van der Waals surface area contributed by atoms with Gasteiger partial charge in [0.15, 0.2) is 0 Å². The molecule has 1 N–H and O–H groups in total. The Morgan fingerprint density at radius 2 is 2.19 bits per heavy atom. The number of hydrogen-bond donors (Lipinski definition) is 1. The van der Waals surface area contributed by atoms with Crippen molar-refractivity contribution in [3.05, 3.63) is 0 Å². The van der Waals surface area contributed by atoms with Crippen LogP contribution >= 0.6 is 0 Å². The Bertz CT molecular complexity index is 223. The van der Waals surface area contributed by atoms with Crippen molar-refractivity contribution in [1.29, 1.82) is 0 Å². The second kappa shape index (κ2) is 5.03. The van der Waals surface area contributed by atoms with E-state index < -0.39 is 0 Å². The van der Waals surface area contributed by atoms with E-state index in [1.807, 2.05) is 0 Å². The molecule has 3 heteroatoms. The number of likely N-dealkylation sites (N-methyl/N-ethyl adjacent to an activating group) is 1. The van der Waals surface area contributed by atoms with Gasteiger partial charge in [0.25, 0.3) is 0 Å². The molecule has 2 rings (SSSR count). The van der Waals surface area contributed by atoms with Crippen molar-refractivity contribution in [2.75, 3.05) is 39.8 Å². The highest BCUT2D eigenvalue weighted by Crippen LogP contribution is 2.21. The quantitative estimate of drug-likeness (QED) is 0.777. The lowest BCUT2D eigenvalue weighted by atomic mass is 9.98. The molecule has 0 saturated carbocycles. The van der Waals surface area contributed by atoms with E-state index in [2.05, 4.69) is 36.0 Å². The molecule has 0 spiro atoms. The van der Waals surface area contributed by atoms with Crippen molar-refractivity contribution in [2.24, 2.45) is 0 Å². The fourth-order valence-corrected chi connectivity index (χ4v) is 3.18. The molecule has 0 bridgehead atoms. The molecule has 94 valence electrons. The van der Waals surface area contributed by atoms with Crippen LogP contribution in [-0.2, 0) is 0 Å². The zero-order valence-electron chi connectivity index (χ0n) is 11.1. The molecule has 2 atom stereocenters. The summed E-state index contributed by atoms with van der Waals surface area (Å²) in [5, 5.41) is 3.67. The highest BCUT2D eigenvalue weighted by Gasteiger charge is 2.32. The third kappa shape index (κ3) is 2.76. The first-order valence-electron chi connectivity index (χ1n) is 6.80. The number of rotatable bonds is 3. The summed E-state index contributed by atoms with van der Waals surface area (Å²) in [5.74, 6) is 0. The van der Waals surface area contributed by atoms with E-state index >= 15 is 0 Å². The van der Waals surface area contributed by atoms with Crippen molar-refractivity contribution in [3.8, 4) is 0 Å². The largest absolute Gasteiger partial charge is 0.310 e. The number of piperazine rings is 1. The normalized spacial score (nSPS) is 38.1. The van der Waals surface area contributed by atoms with E-state index in [4.69, 9.17) is 0 Å². The van der Waals surface area contributed by atoms with E-state index in [0.29, 0.717) is 5.54 Å². The molecule has 0 aromatic rings. The summed E-state index contributed by atoms with van der Waals surface area (Å²) >= 11 is 0. The smallest absolute Gasteiger partial charge is 0.0280 e. The van der Waals surface area contributed by atoms with Crippen LogP contribution in [0.2, 0.25) is 0 Å². The fourth-order valence-electron chi connectivity index (χ4n) is 3.18. The lowest BCUT2D eigenvalue weighted by molar-refractivity contribution is 0.0752. The predicted molar refractivity (Wildman–Crippen MR) is 68.8 cm³/mol. The highest BCUT2D eigenvalue weighted by molar-refractivity contribution is 4.93. The fraction of sp³-hybridized carbons (Fsp3) is 1.00. The standard InChI is InChI=1S/C13H27N3/c1-4-12-10-16(9-8-15(12)3)11-13(2)6-5-7-14-13/h12,14H,4-11H2,1-3H3. The van der Waals surface area contributed by atoms with Gasteiger partial charge in [-0.05, 0) is 39.8 Å². The first-order chi connectivity index (χ1) is 7.63. The highest BCUT2D eigenvalue weighted by atomic mass is 15.3. The Hall–Kier alpha value is -0.120. The lowest BCUT2D eigenvalue weighted by Crippen LogP contribution is -2.56. The van der Waals surface area contributed by atoms with Gasteiger partial charge < -0.3 is 10.2 Å². The minimum absolute atomic E-state index is 0.383. The molecule has 2 saturated heterocycles. The average molecular weight is 225 g/mol. The summed E-state index contributed by atoms with van der Waals surface area (Å²) in [7, 11) is 2.26. The van der Waals surface area contributed by atoms with Crippen molar-refractivity contribution >= 4 is 0 Å². The summed E-state index contributed by atoms with van der Waals surface area (Å²) in [4.78, 5) is 5.17. The second-order valence-electron chi connectivity index (χ2n) is 5.87. The summed E-state index contributed by atoms with van der Waals surface area (Å²) in [6.45, 7) is 10.9. The van der Waals surface area contributed by atoms with E-state index in [1.54, 1.807) is 0 Å². The van der Waals surface area contributed by atoms with Gasteiger partial charge >= 0.3 is 0 Å². The van der Waals surface area contributed by atoms with Gasteiger partial charge in [-0.15, -0.1) is 0 Å². The molecule has 0 aromatic heterocycles. The van der Waals surface area contributed by atoms with Crippen LogP contribution in [0.15, 0.2) is 0 Å². The average Bonchev–Trinajstić information content (AvgIpc) is 2.68. The maximum absolute atomic E-state index is 3.67. The number of nitrogens with one attached hydrogen (secondary N) is 1. The van der Waals surface area contributed by atoms with Gasteiger partial charge in [-0.1, -0.05) is 6.92 Å². The maximum atomic E-state index is 3.67. The molecule has 3 nitrogen and oxygen atoms in total. The lowest BCUT2D eigenvalue weighted by Gasteiger charge is -2.42. The van der Waals surface area contributed by atoms with Gasteiger partial charge in [-0.25, -0.2) is 0 Å². The summed E-state index contributed by atoms with van der Waals surface area (Å²) in [6, 6.07) is 0.763. The molecule has 0 radical (unpaired) electrons. The van der Waals surface area contributed by atoms with Gasteiger partial charge in [0, 0.05) is 37.8 Å². The molecule has 0 aliphatic carbocycles. The Morgan fingerprint density at radius 1 is 1.38 bits per heavy atom. The Kier molecular flexibility index (Phi) is 3.88. The van der Waals surface area contributed by atoms with Crippen LogP contribution in [0.25, 0.3) is 0 Å². The van der Waals surface area contributed by atoms with Crippen LogP contribution in [0.1, 0.15) is 33.1 Å². The van der Waals surface area contributed by atoms with Crippen LogP contribution in [0.5, 0.6) is 0 Å². The zero-order chi connectivity index (χ0) is 11.6. The van der Waals surface area contributed by atoms with Crippen molar-refractivity contribution in [2.45, 2.75) is 44.7 Å². The van der Waals surface area contributed by atoms with Crippen LogP contribution < -0.4 is 5.32 Å². The minimum Gasteiger partial charge on any atom is -0.310 e. The second-order valence-corrected chi connectivity index (χ2v) is 5.87. The van der Waals surface area contributed by atoms with Crippen LogP contribution in [0.3, 0.4) is 0 Å². The predicted octanol–water partition coefficient (Wildman–Crippen LogP) is 1.15. The topological polar surface area (TPSA) is 18.5 Å². The molecule has 2 heterocycles. The van der Waals surface area contributed by atoms with Crippen LogP contribution in [0.4, 0.5) is 0 Å². The van der Waals surface area contributed by atoms with Gasteiger partial charge in [0.05, 0.1) is 0 Å². The molecular weight excluding hydrogens is 198 g/mol.